The smallest absolute Gasteiger partial charge is 0.418 e. The van der Waals surface area contributed by atoms with Crippen LogP contribution in [0.4, 0.5) is 68.3 Å². The Morgan fingerprint density at radius 2 is 0.873 bits per heavy atom. The normalized spacial score (nSPS) is 19.6. The Hall–Kier alpha value is -8.56. The number of nitrogens with one attached hydrogen (secondary N) is 2. The summed E-state index contributed by atoms with van der Waals surface area (Å²) >= 11 is 12.2. The van der Waals surface area contributed by atoms with Crippen molar-refractivity contribution >= 4 is 94.0 Å². The van der Waals surface area contributed by atoms with E-state index in [4.69, 9.17) is 63.1 Å². The molecule has 600 valence electrons. The third kappa shape index (κ3) is 21.2. The second kappa shape index (κ2) is 37.2. The molecule has 0 saturated carbocycles. The fourth-order valence-electron chi connectivity index (χ4n) is 15.4. The summed E-state index contributed by atoms with van der Waals surface area (Å²) < 4.78 is 116. The summed E-state index contributed by atoms with van der Waals surface area (Å²) in [5.74, 6) is -1.82. The summed E-state index contributed by atoms with van der Waals surface area (Å²) in [6.07, 6.45) is -7.25. The first kappa shape index (κ1) is 82.4. The van der Waals surface area contributed by atoms with Crippen LogP contribution in [0.15, 0.2) is 72.8 Å². The number of carbonyl (C=O) groups is 8. The number of hydrogen-bond acceptors (Lipinski definition) is 18. The Morgan fingerprint density at radius 1 is 0.509 bits per heavy atom. The molecule has 110 heavy (non-hydrogen) atoms. The van der Waals surface area contributed by atoms with E-state index in [2.05, 4.69) is 20.4 Å². The molecule has 6 N–H and O–H groups in total. The lowest BCUT2D eigenvalue weighted by Crippen LogP contribution is -2.59. The Balaban J connectivity index is 0.000000218. The van der Waals surface area contributed by atoms with Gasteiger partial charge < -0.3 is 79.9 Å². The lowest BCUT2D eigenvalue weighted by atomic mass is 9.97. The van der Waals surface area contributed by atoms with Gasteiger partial charge in [0.25, 0.3) is 11.8 Å². The van der Waals surface area contributed by atoms with Crippen LogP contribution in [0, 0.1) is 0 Å². The van der Waals surface area contributed by atoms with Gasteiger partial charge in [-0.1, -0.05) is 72.9 Å². The van der Waals surface area contributed by atoms with Gasteiger partial charge in [0.05, 0.1) is 58.0 Å². The third-order valence-electron chi connectivity index (χ3n) is 21.8. The number of nitrogen functional groups attached to an aromatic ring is 2. The van der Waals surface area contributed by atoms with Gasteiger partial charge in [-0.2, -0.15) is 26.3 Å². The van der Waals surface area contributed by atoms with Gasteiger partial charge in [0.2, 0.25) is 0 Å². The van der Waals surface area contributed by atoms with Crippen LogP contribution in [0.2, 0.25) is 10.0 Å². The van der Waals surface area contributed by atoms with Crippen molar-refractivity contribution in [2.24, 2.45) is 0 Å². The number of unbranched alkanes of at least 4 members (excludes halogenated alkanes) is 1. The summed E-state index contributed by atoms with van der Waals surface area (Å²) in [5.41, 5.74) is 11.5. The molecular weight excluding hydrogens is 1490 g/mol. The van der Waals surface area contributed by atoms with Crippen LogP contribution in [-0.2, 0) is 85.6 Å². The fraction of sp³-hybridized carbons (Fsp3) is 0.579. The molecule has 34 heteroatoms. The van der Waals surface area contributed by atoms with E-state index in [1.165, 1.54) is 21.9 Å². The second-order valence-electron chi connectivity index (χ2n) is 29.0. The number of nitrogens with two attached hydrogens (primary N) is 2. The first-order valence-electron chi connectivity index (χ1n) is 37.7. The number of carbonyl (C=O) groups excluding carboxylic acids is 8. The van der Waals surface area contributed by atoms with Crippen LogP contribution in [0.5, 0.6) is 0 Å². The summed E-state index contributed by atoms with van der Waals surface area (Å²) in [6.45, 7) is 10.3. The van der Waals surface area contributed by atoms with Gasteiger partial charge in [-0.3, -0.25) is 19.4 Å². The van der Waals surface area contributed by atoms with Gasteiger partial charge in [0.1, 0.15) is 13.2 Å². The molecule has 8 aliphatic heterocycles. The van der Waals surface area contributed by atoms with Gasteiger partial charge in [-0.05, 0) is 136 Å². The van der Waals surface area contributed by atoms with E-state index < -0.39 is 77.0 Å². The molecule has 0 unspecified atom stereocenters. The number of para-hydroxylation sites is 2. The number of rotatable bonds is 22. The topological polar surface area (TPSA) is 294 Å². The predicted octanol–water partition coefficient (Wildman–Crippen LogP) is 10.4. The van der Waals surface area contributed by atoms with Crippen LogP contribution in [0.25, 0.3) is 0 Å². The van der Waals surface area contributed by atoms with Crippen molar-refractivity contribution in [2.45, 2.75) is 165 Å². The number of esters is 2. The molecule has 2 atom stereocenters. The number of ether oxygens (including phenoxy) is 6. The predicted molar refractivity (Wildman–Crippen MR) is 395 cm³/mol. The highest BCUT2D eigenvalue weighted by Gasteiger charge is 2.44. The zero-order valence-corrected chi connectivity index (χ0v) is 63.2. The van der Waals surface area contributed by atoms with Gasteiger partial charge in [-0.25, -0.2) is 28.8 Å². The molecule has 0 spiro atoms. The number of urea groups is 2. The Bertz CT molecular complexity index is 3920. The molecule has 8 heterocycles. The molecule has 0 bridgehead atoms. The van der Waals surface area contributed by atoms with E-state index in [0.29, 0.717) is 136 Å². The van der Waals surface area contributed by atoms with Crippen LogP contribution >= 0.6 is 23.2 Å². The van der Waals surface area contributed by atoms with Crippen LogP contribution in [0.3, 0.4) is 0 Å². The van der Waals surface area contributed by atoms with E-state index in [9.17, 15) is 64.7 Å². The number of amides is 8. The number of piperidine rings is 4. The Labute approximate surface area is 644 Å². The highest BCUT2D eigenvalue weighted by atomic mass is 35.5. The van der Waals surface area contributed by atoms with E-state index in [-0.39, 0.29) is 134 Å². The van der Waals surface area contributed by atoms with E-state index >= 15 is 0 Å². The zero-order chi connectivity index (χ0) is 78.6. The average molecular weight is 1590 g/mol. The maximum absolute atomic E-state index is 14.1. The molecule has 0 aromatic heterocycles. The van der Waals surface area contributed by atoms with E-state index in [1.54, 1.807) is 26.5 Å². The number of hydrogen-bond donors (Lipinski definition) is 4. The number of likely N-dealkylation sites (tertiary alicyclic amines) is 6. The molecule has 0 aliphatic carbocycles. The zero-order valence-electron chi connectivity index (χ0n) is 61.6. The fourth-order valence-corrected chi connectivity index (χ4v) is 15.9. The Kier molecular flexibility index (Phi) is 27.9. The second-order valence-corrected chi connectivity index (χ2v) is 29.8. The minimum Gasteiger partial charge on any atom is -0.464 e. The van der Waals surface area contributed by atoms with Gasteiger partial charge in [0.15, 0.2) is 12.2 Å². The number of benzene rings is 4. The first-order valence-corrected chi connectivity index (χ1v) is 38.5. The standard InChI is InChI=1S/C39H50ClF3N6O7.C37H46ClF3N6O7/c1-2-3-18-54-34(50)24-55-29-22-48(23-29)27-9-13-46(14-10-27)36(51)33(21-25-19-30(39(41,42)43)35(44)31(40)20-25)56-38(53)47-15-11-28(12-16-47)49-17-8-26-6-4-5-7-32(26)45-37(49)52;1-2-52-32(48)22-53-27-20-46(21-27)25-8-12-44(13-9-25)34(49)31(19-23-17-28(37(39,40)41)33(42)29(38)18-23)54-36(51)45-14-10-26(11-15-45)47-16-7-24-5-3-4-6-30(24)43-35(47)50/h4-7,19-20,27-29,33H,2-3,8-18,21-24,44H2,1H3,(H,45,52);3-6,17-18,25-27,31H,2,7-16,19-22,42H2,1H3,(H,43,50)/t33-;31-/m11/s1. The van der Waals surface area contributed by atoms with Gasteiger partial charge in [0, 0.05) is 140 Å². The van der Waals surface area contributed by atoms with Crippen LogP contribution in [0.1, 0.15) is 111 Å². The first-order chi connectivity index (χ1) is 52.6. The average Bonchev–Trinajstić information content (AvgIpc) is 1.51. The van der Waals surface area contributed by atoms with Crippen LogP contribution < -0.4 is 22.1 Å². The molecule has 6 fully saturated rings. The van der Waals surface area contributed by atoms with Crippen molar-refractivity contribution in [2.75, 3.05) is 140 Å². The molecule has 8 amide bonds. The van der Waals surface area contributed by atoms with Crippen molar-refractivity contribution in [1.29, 1.82) is 0 Å². The molecule has 8 aliphatic rings. The van der Waals surface area contributed by atoms with Crippen molar-refractivity contribution in [1.82, 2.24) is 39.2 Å². The number of nitrogens with zero attached hydrogens (tertiary/aromatic N) is 8. The SMILES string of the molecule is CCCCOC(=O)COC1CN(C2CCN(C(=O)[C@@H](Cc3cc(Cl)c(N)c(C(F)(F)F)c3)OC(=O)N3CCC(N4CCc5ccccc5NC4=O)CC3)CC2)C1.CCOC(=O)COC1CN(C2CCN(C(=O)[C@@H](Cc3cc(Cl)c(N)c(C(F)(F)F)c3)OC(=O)N3CCC(N4CCc5ccccc5NC4=O)CC3)CC2)C1. The summed E-state index contributed by atoms with van der Waals surface area (Å²) in [4.78, 5) is 119. The highest BCUT2D eigenvalue weighted by Crippen LogP contribution is 2.41. The number of alkyl halides is 6. The third-order valence-corrected chi connectivity index (χ3v) is 22.4. The molecule has 6 saturated heterocycles. The minimum atomic E-state index is -4.79. The highest BCUT2D eigenvalue weighted by molar-refractivity contribution is 6.33. The Morgan fingerprint density at radius 3 is 1.25 bits per heavy atom. The monoisotopic (exact) mass is 1580 g/mol. The molecule has 4 aromatic rings. The largest absolute Gasteiger partial charge is 0.464 e. The summed E-state index contributed by atoms with van der Waals surface area (Å²) in [6, 6.07) is 19.2. The van der Waals surface area contributed by atoms with Gasteiger partial charge >= 0.3 is 48.5 Å². The van der Waals surface area contributed by atoms with E-state index in [1.807, 2.05) is 55.5 Å². The number of fused-ring (bicyclic) bond motifs is 2. The quantitative estimate of drug-likeness (QED) is 0.0187. The van der Waals surface area contributed by atoms with Crippen molar-refractivity contribution in [3.63, 3.8) is 0 Å². The maximum Gasteiger partial charge on any atom is 0.418 e. The summed E-state index contributed by atoms with van der Waals surface area (Å²) in [5, 5.41) is 5.32. The number of halogens is 8. The van der Waals surface area contributed by atoms with Crippen LogP contribution in [-0.4, -0.2) is 254 Å². The maximum atomic E-state index is 14.1. The molecule has 26 nitrogen and oxygen atoms in total. The van der Waals surface area contributed by atoms with Gasteiger partial charge in [-0.15, -0.1) is 0 Å². The molecule has 4 aromatic carbocycles. The molecular formula is C76H96Cl2F6N12O14. The van der Waals surface area contributed by atoms with E-state index in [0.717, 1.165) is 47.5 Å². The lowest BCUT2D eigenvalue weighted by Gasteiger charge is -2.47. The summed E-state index contributed by atoms with van der Waals surface area (Å²) in [7, 11) is 0. The minimum absolute atomic E-state index is 0.0453. The van der Waals surface area contributed by atoms with Crippen molar-refractivity contribution in [3.8, 4) is 0 Å². The lowest BCUT2D eigenvalue weighted by molar-refractivity contribution is -0.157. The van der Waals surface area contributed by atoms with Crippen molar-refractivity contribution in [3.05, 3.63) is 116 Å². The van der Waals surface area contributed by atoms with Crippen molar-refractivity contribution < 1.29 is 93.1 Å². The molecule has 0 radical (unpaired) electrons. The number of anilines is 4. The molecule has 12 rings (SSSR count).